The fraction of sp³-hybridized carbons (Fsp3) is 0.118. The first-order valence-corrected chi connectivity index (χ1v) is 11.4. The number of carbonyl (C=O) groups is 1. The van der Waals surface area contributed by atoms with Gasteiger partial charge in [0.05, 0.1) is 21.2 Å². The number of thiazole rings is 2. The van der Waals surface area contributed by atoms with Crippen LogP contribution in [-0.4, -0.2) is 31.8 Å². The molecule has 0 radical (unpaired) electrons. The standard InChI is InChI=1S/C17H13N5OS4/c1-10-15(27-16(19-10)12-3-2-7-24-12)11-4-5-14(22-21-11)26-9-13(23)20-17-18-6-8-25-17/h2-8H,9H2,1H3,(H,18,20,23). The van der Waals surface area contributed by atoms with E-state index in [1.54, 1.807) is 28.9 Å². The summed E-state index contributed by atoms with van der Waals surface area (Å²) in [5, 5.41) is 17.5. The van der Waals surface area contributed by atoms with Crippen molar-refractivity contribution in [1.29, 1.82) is 0 Å². The normalized spacial score (nSPS) is 10.9. The second-order valence-electron chi connectivity index (χ2n) is 5.34. The van der Waals surface area contributed by atoms with Gasteiger partial charge in [0, 0.05) is 11.6 Å². The summed E-state index contributed by atoms with van der Waals surface area (Å²) in [6.45, 7) is 1.98. The number of hydrogen-bond donors (Lipinski definition) is 1. The van der Waals surface area contributed by atoms with Crippen molar-refractivity contribution in [2.75, 3.05) is 11.1 Å². The number of hydrogen-bond acceptors (Lipinski definition) is 9. The molecular weight excluding hydrogens is 418 g/mol. The maximum atomic E-state index is 11.9. The van der Waals surface area contributed by atoms with Crippen molar-refractivity contribution >= 4 is 56.8 Å². The third-order valence-electron chi connectivity index (χ3n) is 3.43. The van der Waals surface area contributed by atoms with E-state index in [0.29, 0.717) is 10.2 Å². The van der Waals surface area contributed by atoms with E-state index in [9.17, 15) is 4.79 Å². The zero-order valence-electron chi connectivity index (χ0n) is 14.1. The van der Waals surface area contributed by atoms with Crippen molar-refractivity contribution in [2.24, 2.45) is 0 Å². The number of aryl methyl sites for hydroxylation is 1. The Morgan fingerprint density at radius 2 is 2.11 bits per heavy atom. The molecule has 0 aliphatic rings. The highest BCUT2D eigenvalue weighted by molar-refractivity contribution is 7.99. The topological polar surface area (TPSA) is 80.7 Å². The van der Waals surface area contributed by atoms with Crippen LogP contribution in [0.1, 0.15) is 5.69 Å². The van der Waals surface area contributed by atoms with Gasteiger partial charge in [-0.05, 0) is 30.5 Å². The van der Waals surface area contributed by atoms with Crippen LogP contribution in [0.2, 0.25) is 0 Å². The van der Waals surface area contributed by atoms with E-state index in [-0.39, 0.29) is 11.7 Å². The van der Waals surface area contributed by atoms with E-state index < -0.39 is 0 Å². The summed E-state index contributed by atoms with van der Waals surface area (Å²) in [6, 6.07) is 7.89. The molecule has 1 amide bonds. The largest absolute Gasteiger partial charge is 0.301 e. The summed E-state index contributed by atoms with van der Waals surface area (Å²) in [5.74, 6) is 0.148. The Bertz CT molecular complexity index is 1030. The zero-order chi connectivity index (χ0) is 18.6. The van der Waals surface area contributed by atoms with Gasteiger partial charge in [0.25, 0.3) is 0 Å². The van der Waals surface area contributed by atoms with Crippen LogP contribution in [0.25, 0.3) is 20.5 Å². The maximum Gasteiger partial charge on any atom is 0.236 e. The first-order chi connectivity index (χ1) is 13.2. The number of thiophene rings is 1. The Labute approximate surface area is 171 Å². The van der Waals surface area contributed by atoms with Gasteiger partial charge in [-0.1, -0.05) is 17.8 Å². The van der Waals surface area contributed by atoms with Gasteiger partial charge in [0.2, 0.25) is 5.91 Å². The van der Waals surface area contributed by atoms with Gasteiger partial charge < -0.3 is 5.32 Å². The molecule has 0 aliphatic carbocycles. The SMILES string of the molecule is Cc1nc(-c2cccs2)sc1-c1ccc(SCC(=O)Nc2nccs2)nn1. The van der Waals surface area contributed by atoms with Gasteiger partial charge >= 0.3 is 0 Å². The van der Waals surface area contributed by atoms with E-state index in [2.05, 4.69) is 31.5 Å². The Morgan fingerprint density at radius 1 is 1.19 bits per heavy atom. The number of carbonyl (C=O) groups excluding carboxylic acids is 1. The van der Waals surface area contributed by atoms with Crippen LogP contribution in [0.15, 0.2) is 46.2 Å². The molecule has 0 aromatic carbocycles. The smallest absolute Gasteiger partial charge is 0.236 e. The summed E-state index contributed by atoms with van der Waals surface area (Å²) >= 11 is 6.02. The molecule has 4 rings (SSSR count). The molecule has 0 aliphatic heterocycles. The fourth-order valence-electron chi connectivity index (χ4n) is 2.24. The van der Waals surface area contributed by atoms with Gasteiger partial charge in [0.1, 0.15) is 15.7 Å². The van der Waals surface area contributed by atoms with Crippen LogP contribution in [0.5, 0.6) is 0 Å². The maximum absolute atomic E-state index is 11.9. The third kappa shape index (κ3) is 4.41. The Kier molecular flexibility index (Phi) is 5.58. The van der Waals surface area contributed by atoms with Gasteiger partial charge in [0.15, 0.2) is 5.13 Å². The van der Waals surface area contributed by atoms with Crippen LogP contribution >= 0.6 is 45.8 Å². The molecule has 4 heterocycles. The average molecular weight is 432 g/mol. The summed E-state index contributed by atoms with van der Waals surface area (Å²) < 4.78 is 0. The second-order valence-corrected chi connectivity index (χ2v) is 9.18. The van der Waals surface area contributed by atoms with Crippen LogP contribution in [0.3, 0.4) is 0 Å². The highest BCUT2D eigenvalue weighted by atomic mass is 32.2. The van der Waals surface area contributed by atoms with E-state index in [0.717, 1.165) is 26.1 Å². The predicted molar refractivity (Wildman–Crippen MR) is 113 cm³/mol. The van der Waals surface area contributed by atoms with Crippen molar-refractivity contribution in [1.82, 2.24) is 20.2 Å². The lowest BCUT2D eigenvalue weighted by Gasteiger charge is -2.02. The molecule has 0 spiro atoms. The van der Waals surface area contributed by atoms with E-state index in [1.165, 1.54) is 23.1 Å². The summed E-state index contributed by atoms with van der Waals surface area (Å²) in [5.41, 5.74) is 1.74. The molecule has 27 heavy (non-hydrogen) atoms. The number of anilines is 1. The molecule has 0 saturated heterocycles. The number of nitrogens with zero attached hydrogens (tertiary/aromatic N) is 4. The van der Waals surface area contributed by atoms with Crippen molar-refractivity contribution in [3.8, 4) is 20.5 Å². The lowest BCUT2D eigenvalue weighted by molar-refractivity contribution is -0.113. The van der Waals surface area contributed by atoms with Crippen LogP contribution in [-0.2, 0) is 4.79 Å². The van der Waals surface area contributed by atoms with Gasteiger partial charge in [-0.3, -0.25) is 4.79 Å². The molecule has 10 heteroatoms. The summed E-state index contributed by atoms with van der Waals surface area (Å²) in [6.07, 6.45) is 1.66. The molecule has 0 fully saturated rings. The number of thioether (sulfide) groups is 1. The minimum atomic E-state index is -0.111. The Balaban J connectivity index is 1.41. The fourth-order valence-corrected chi connectivity index (χ4v) is 5.22. The van der Waals surface area contributed by atoms with Crippen molar-refractivity contribution in [3.63, 3.8) is 0 Å². The highest BCUT2D eigenvalue weighted by Gasteiger charge is 2.14. The highest BCUT2D eigenvalue weighted by Crippen LogP contribution is 2.36. The molecule has 4 aromatic rings. The zero-order valence-corrected chi connectivity index (χ0v) is 17.3. The van der Waals surface area contributed by atoms with Gasteiger partial charge in [-0.2, -0.15) is 0 Å². The molecule has 0 atom stereocenters. The van der Waals surface area contributed by atoms with E-state index >= 15 is 0 Å². The minimum absolute atomic E-state index is 0.111. The Morgan fingerprint density at radius 3 is 2.81 bits per heavy atom. The third-order valence-corrected chi connectivity index (χ3v) is 7.26. The lowest BCUT2D eigenvalue weighted by atomic mass is 10.3. The molecular formula is C17H13N5OS4. The molecule has 0 bridgehead atoms. The average Bonchev–Trinajstić information content (AvgIpc) is 3.42. The molecule has 0 saturated carbocycles. The molecule has 4 aromatic heterocycles. The van der Waals surface area contributed by atoms with Gasteiger partial charge in [-0.15, -0.1) is 44.2 Å². The molecule has 1 N–H and O–H groups in total. The number of amides is 1. The van der Waals surface area contributed by atoms with Crippen molar-refractivity contribution < 1.29 is 4.79 Å². The lowest BCUT2D eigenvalue weighted by Crippen LogP contribution is -2.13. The summed E-state index contributed by atoms with van der Waals surface area (Å²) in [4.78, 5) is 22.8. The second kappa shape index (κ2) is 8.26. The Hall–Kier alpha value is -2.14. The van der Waals surface area contributed by atoms with E-state index in [1.807, 2.05) is 35.9 Å². The number of nitrogens with one attached hydrogen (secondary N) is 1. The first kappa shape index (κ1) is 18.2. The quantitative estimate of drug-likeness (QED) is 0.441. The van der Waals surface area contributed by atoms with E-state index in [4.69, 9.17) is 0 Å². The molecule has 136 valence electrons. The minimum Gasteiger partial charge on any atom is -0.301 e. The van der Waals surface area contributed by atoms with Crippen molar-refractivity contribution in [2.45, 2.75) is 11.9 Å². The van der Waals surface area contributed by atoms with Gasteiger partial charge in [-0.25, -0.2) is 9.97 Å². The monoisotopic (exact) mass is 431 g/mol. The number of aromatic nitrogens is 4. The summed E-state index contributed by atoms with van der Waals surface area (Å²) in [7, 11) is 0. The van der Waals surface area contributed by atoms with Crippen molar-refractivity contribution in [3.05, 3.63) is 46.9 Å². The first-order valence-electron chi connectivity index (χ1n) is 7.86. The molecule has 6 nitrogen and oxygen atoms in total. The molecule has 0 unspecified atom stereocenters. The van der Waals surface area contributed by atoms with Crippen LogP contribution < -0.4 is 5.32 Å². The van der Waals surface area contributed by atoms with Crippen LogP contribution in [0.4, 0.5) is 5.13 Å². The number of rotatable bonds is 6. The predicted octanol–water partition coefficient (Wildman–Crippen LogP) is 4.82. The van der Waals surface area contributed by atoms with Crippen LogP contribution in [0, 0.1) is 6.92 Å².